The Kier molecular flexibility index (Phi) is 6.53. The molecule has 0 spiro atoms. The molecule has 1 aliphatic rings. The molecule has 2 aromatic heterocycles. The number of aromatic nitrogens is 1. The van der Waals surface area contributed by atoms with Gasteiger partial charge in [-0.3, -0.25) is 15.2 Å². The molecule has 12 heteroatoms. The number of nitrogens with one attached hydrogen (secondary N) is 2. The van der Waals surface area contributed by atoms with Gasteiger partial charge >= 0.3 is 6.18 Å². The van der Waals surface area contributed by atoms with Crippen molar-refractivity contribution in [1.29, 1.82) is 5.41 Å². The quantitative estimate of drug-likeness (QED) is 0.382. The Balaban J connectivity index is 1.70. The van der Waals surface area contributed by atoms with Crippen molar-refractivity contribution in [3.8, 4) is 0 Å². The van der Waals surface area contributed by atoms with Gasteiger partial charge in [-0.2, -0.15) is 13.2 Å². The second-order valence-electron chi connectivity index (χ2n) is 7.73. The Morgan fingerprint density at radius 1 is 1.29 bits per heavy atom. The number of amides is 1. The molecule has 0 aliphatic carbocycles. The van der Waals surface area contributed by atoms with E-state index in [4.69, 9.17) is 14.6 Å². The third-order valence-electron chi connectivity index (χ3n) is 5.21. The number of pyridine rings is 1. The standard InChI is InChI=1S/C22H20F4N4O4/c23-12-1-2-19-14(5-12)16(10-34-19)20(27)15-7-28-18(6-17(15)29-11-22(24,25)26)21(32)30-3-4-33-9-13(31)8-30/h1-2,5-7,10,13,27,31H,3-4,8-9,11H2,(H,28,29). The van der Waals surface area contributed by atoms with Crippen LogP contribution in [0.25, 0.3) is 11.0 Å². The van der Waals surface area contributed by atoms with Crippen LogP contribution in [0.4, 0.5) is 23.2 Å². The number of anilines is 1. The van der Waals surface area contributed by atoms with E-state index in [1.165, 1.54) is 23.3 Å². The van der Waals surface area contributed by atoms with Crippen LogP contribution in [0.3, 0.4) is 0 Å². The van der Waals surface area contributed by atoms with Crippen LogP contribution >= 0.6 is 0 Å². The Labute approximate surface area is 190 Å². The van der Waals surface area contributed by atoms with Crippen LogP contribution in [0.2, 0.25) is 0 Å². The van der Waals surface area contributed by atoms with Crippen molar-refractivity contribution < 1.29 is 36.6 Å². The lowest BCUT2D eigenvalue weighted by atomic mass is 10.0. The van der Waals surface area contributed by atoms with E-state index in [2.05, 4.69) is 10.3 Å². The van der Waals surface area contributed by atoms with Gasteiger partial charge in [0.05, 0.1) is 25.0 Å². The predicted molar refractivity (Wildman–Crippen MR) is 114 cm³/mol. The molecule has 1 saturated heterocycles. The number of nitrogens with zero attached hydrogens (tertiary/aromatic N) is 2. The topological polar surface area (TPSA) is 112 Å². The van der Waals surface area contributed by atoms with Crippen molar-refractivity contribution >= 4 is 28.3 Å². The third-order valence-corrected chi connectivity index (χ3v) is 5.21. The molecular weight excluding hydrogens is 460 g/mol. The van der Waals surface area contributed by atoms with Crippen molar-refractivity contribution in [2.45, 2.75) is 12.3 Å². The number of hydrogen-bond acceptors (Lipinski definition) is 7. The largest absolute Gasteiger partial charge is 0.464 e. The second kappa shape index (κ2) is 9.39. The van der Waals surface area contributed by atoms with Gasteiger partial charge in [-0.05, 0) is 24.3 Å². The molecule has 0 bridgehead atoms. The Morgan fingerprint density at radius 3 is 2.85 bits per heavy atom. The lowest BCUT2D eigenvalue weighted by molar-refractivity contribution is -0.115. The van der Waals surface area contributed by atoms with E-state index in [9.17, 15) is 27.5 Å². The minimum Gasteiger partial charge on any atom is -0.464 e. The van der Waals surface area contributed by atoms with Crippen LogP contribution in [-0.4, -0.2) is 71.7 Å². The van der Waals surface area contributed by atoms with Crippen molar-refractivity contribution in [3.05, 3.63) is 59.4 Å². The number of aliphatic hydroxyl groups excluding tert-OH is 1. The summed E-state index contributed by atoms with van der Waals surface area (Å²) in [5, 5.41) is 20.9. The summed E-state index contributed by atoms with van der Waals surface area (Å²) in [6, 6.07) is 4.84. The fourth-order valence-corrected chi connectivity index (χ4v) is 3.59. The summed E-state index contributed by atoms with van der Waals surface area (Å²) in [7, 11) is 0. The van der Waals surface area contributed by atoms with Gasteiger partial charge in [-0.25, -0.2) is 4.39 Å². The number of carbonyl (C=O) groups is 1. The summed E-state index contributed by atoms with van der Waals surface area (Å²) in [4.78, 5) is 18.3. The zero-order valence-corrected chi connectivity index (χ0v) is 17.7. The number of hydrogen-bond donors (Lipinski definition) is 3. The van der Waals surface area contributed by atoms with Gasteiger partial charge in [0.25, 0.3) is 5.91 Å². The lowest BCUT2D eigenvalue weighted by Crippen LogP contribution is -2.38. The number of ether oxygens (including phenoxy) is 1. The first-order valence-electron chi connectivity index (χ1n) is 10.2. The number of carbonyl (C=O) groups excluding carboxylic acids is 1. The highest BCUT2D eigenvalue weighted by Crippen LogP contribution is 2.28. The maximum atomic E-state index is 13.7. The smallest absolute Gasteiger partial charge is 0.405 e. The van der Waals surface area contributed by atoms with Crippen molar-refractivity contribution in [2.75, 3.05) is 38.2 Å². The number of fused-ring (bicyclic) bond motifs is 1. The normalized spacial score (nSPS) is 17.0. The predicted octanol–water partition coefficient (Wildman–Crippen LogP) is 3.19. The summed E-state index contributed by atoms with van der Waals surface area (Å²) >= 11 is 0. The highest BCUT2D eigenvalue weighted by Gasteiger charge is 2.29. The summed E-state index contributed by atoms with van der Waals surface area (Å²) in [5.74, 6) is -1.17. The van der Waals surface area contributed by atoms with E-state index in [-0.39, 0.29) is 59.9 Å². The van der Waals surface area contributed by atoms with Gasteiger partial charge in [-0.1, -0.05) is 0 Å². The zero-order valence-electron chi connectivity index (χ0n) is 17.7. The highest BCUT2D eigenvalue weighted by atomic mass is 19.4. The molecule has 3 heterocycles. The SMILES string of the molecule is N=C(c1cnc(C(=O)N2CCOCC(O)C2)cc1NCC(F)(F)F)c1coc2ccc(F)cc12. The van der Waals surface area contributed by atoms with Crippen LogP contribution in [0.1, 0.15) is 21.6 Å². The molecular formula is C22H20F4N4O4. The monoisotopic (exact) mass is 480 g/mol. The number of furan rings is 1. The Morgan fingerprint density at radius 2 is 2.09 bits per heavy atom. The van der Waals surface area contributed by atoms with E-state index in [0.29, 0.717) is 5.58 Å². The molecule has 1 aromatic carbocycles. The van der Waals surface area contributed by atoms with E-state index in [1.54, 1.807) is 0 Å². The first kappa shape index (κ1) is 23.6. The maximum absolute atomic E-state index is 13.7. The lowest BCUT2D eigenvalue weighted by Gasteiger charge is -2.22. The minimum absolute atomic E-state index is 0.0179. The molecule has 3 aromatic rings. The number of aliphatic hydroxyl groups is 1. The number of benzene rings is 1. The van der Waals surface area contributed by atoms with Gasteiger partial charge in [0.1, 0.15) is 29.9 Å². The van der Waals surface area contributed by atoms with Crippen LogP contribution in [-0.2, 0) is 4.74 Å². The molecule has 180 valence electrons. The number of alkyl halides is 3. The summed E-state index contributed by atoms with van der Waals surface area (Å²) in [5.41, 5.74) is -0.173. The van der Waals surface area contributed by atoms with Gasteiger partial charge in [0, 0.05) is 41.5 Å². The molecule has 1 unspecified atom stereocenters. The molecule has 1 amide bonds. The summed E-state index contributed by atoms with van der Waals surface area (Å²) in [6.07, 6.45) is -3.16. The van der Waals surface area contributed by atoms with Gasteiger partial charge < -0.3 is 24.5 Å². The minimum atomic E-state index is -4.56. The van der Waals surface area contributed by atoms with Crippen LogP contribution in [0, 0.1) is 11.2 Å². The van der Waals surface area contributed by atoms with E-state index in [0.717, 1.165) is 18.3 Å². The molecule has 4 rings (SSSR count). The first-order chi connectivity index (χ1) is 16.1. The fraction of sp³-hybridized carbons (Fsp3) is 0.318. The maximum Gasteiger partial charge on any atom is 0.405 e. The molecule has 3 N–H and O–H groups in total. The average Bonchev–Trinajstić information content (AvgIpc) is 3.08. The number of β-amino-alcohol motifs (C(OH)–C–C–N with tert-alkyl or cyclic N) is 1. The Bertz CT molecular complexity index is 1230. The van der Waals surface area contributed by atoms with Crippen molar-refractivity contribution in [3.63, 3.8) is 0 Å². The number of halogens is 4. The Hall–Kier alpha value is -3.51. The van der Waals surface area contributed by atoms with E-state index in [1.807, 2.05) is 0 Å². The van der Waals surface area contributed by atoms with Crippen molar-refractivity contribution in [2.24, 2.45) is 0 Å². The fourth-order valence-electron chi connectivity index (χ4n) is 3.59. The van der Waals surface area contributed by atoms with Crippen LogP contribution < -0.4 is 5.32 Å². The van der Waals surface area contributed by atoms with Gasteiger partial charge in [-0.15, -0.1) is 0 Å². The van der Waals surface area contributed by atoms with Crippen LogP contribution in [0.15, 0.2) is 41.1 Å². The molecule has 0 saturated carbocycles. The molecule has 1 atom stereocenters. The van der Waals surface area contributed by atoms with Gasteiger partial charge in [0.2, 0.25) is 0 Å². The molecule has 0 radical (unpaired) electrons. The summed E-state index contributed by atoms with van der Waals surface area (Å²) in [6.45, 7) is -1.01. The van der Waals surface area contributed by atoms with Gasteiger partial charge in [0.15, 0.2) is 0 Å². The number of rotatable bonds is 5. The molecule has 1 aliphatic heterocycles. The highest BCUT2D eigenvalue weighted by molar-refractivity contribution is 6.19. The van der Waals surface area contributed by atoms with Crippen molar-refractivity contribution in [1.82, 2.24) is 9.88 Å². The molecule has 1 fully saturated rings. The zero-order chi connectivity index (χ0) is 24.5. The second-order valence-corrected chi connectivity index (χ2v) is 7.73. The molecule has 34 heavy (non-hydrogen) atoms. The average molecular weight is 480 g/mol. The first-order valence-corrected chi connectivity index (χ1v) is 10.2. The van der Waals surface area contributed by atoms with E-state index < -0.39 is 30.5 Å². The third kappa shape index (κ3) is 5.18. The molecule has 8 nitrogen and oxygen atoms in total. The summed E-state index contributed by atoms with van der Waals surface area (Å²) < 4.78 is 63.1. The van der Waals surface area contributed by atoms with E-state index >= 15 is 0 Å². The van der Waals surface area contributed by atoms with Crippen LogP contribution in [0.5, 0.6) is 0 Å².